The van der Waals surface area contributed by atoms with Crippen LogP contribution in [0.4, 0.5) is 0 Å². The molecule has 0 bridgehead atoms. The minimum Gasteiger partial charge on any atom is -0.464 e. The molecule has 0 radical (unpaired) electrons. The van der Waals surface area contributed by atoms with Crippen LogP contribution in [0.3, 0.4) is 0 Å². The molecule has 0 aromatic carbocycles. The molecule has 3 nitrogen and oxygen atoms in total. The molecular formula is C6H7NO2. The van der Waals surface area contributed by atoms with Gasteiger partial charge in [-0.2, -0.15) is 0 Å². The predicted molar refractivity (Wildman–Crippen MR) is 32.1 cm³/mol. The van der Waals surface area contributed by atoms with E-state index in [4.69, 9.17) is 1.37 Å². The number of aromatic nitrogens is 1. The van der Waals surface area contributed by atoms with Crippen molar-refractivity contribution in [3.63, 3.8) is 0 Å². The van der Waals surface area contributed by atoms with Crippen molar-refractivity contribution in [1.29, 1.82) is 0 Å². The third-order valence-electron chi connectivity index (χ3n) is 0.928. The normalized spacial score (nSPS) is 10.6. The second-order valence-corrected chi connectivity index (χ2v) is 1.49. The first-order valence-electron chi connectivity index (χ1n) is 2.98. The Morgan fingerprint density at radius 2 is 2.78 bits per heavy atom. The van der Waals surface area contributed by atoms with Gasteiger partial charge in [0.15, 0.2) is 0 Å². The molecule has 0 aliphatic carbocycles. The van der Waals surface area contributed by atoms with E-state index in [-0.39, 0.29) is 11.7 Å². The number of hydrogen-bond acceptors (Lipinski definition) is 2. The van der Waals surface area contributed by atoms with Gasteiger partial charge in [-0.25, -0.2) is 4.79 Å². The minimum absolute atomic E-state index is 0.159. The van der Waals surface area contributed by atoms with Crippen molar-refractivity contribution < 1.29 is 10.9 Å². The van der Waals surface area contributed by atoms with Gasteiger partial charge in [0, 0.05) is 6.20 Å². The van der Waals surface area contributed by atoms with Crippen molar-refractivity contribution in [1.82, 2.24) is 4.98 Å². The van der Waals surface area contributed by atoms with Crippen LogP contribution < -0.4 is 0 Å². The van der Waals surface area contributed by atoms with Crippen LogP contribution in [-0.2, 0) is 4.74 Å². The van der Waals surface area contributed by atoms with Crippen LogP contribution in [0.15, 0.2) is 18.3 Å². The Morgan fingerprint density at radius 3 is 3.22 bits per heavy atom. The van der Waals surface area contributed by atoms with E-state index in [9.17, 15) is 4.79 Å². The van der Waals surface area contributed by atoms with Gasteiger partial charge in [0.2, 0.25) is 0 Å². The maximum absolute atomic E-state index is 10.7. The SMILES string of the molecule is [2H]c1cc[nH]c1C(=O)OC. The molecule has 9 heavy (non-hydrogen) atoms. The highest BCUT2D eigenvalue weighted by Gasteiger charge is 2.02. The lowest BCUT2D eigenvalue weighted by atomic mass is 10.4. The van der Waals surface area contributed by atoms with Crippen molar-refractivity contribution in [3.8, 4) is 0 Å². The third-order valence-corrected chi connectivity index (χ3v) is 0.928. The predicted octanol–water partition coefficient (Wildman–Crippen LogP) is 0.801. The van der Waals surface area contributed by atoms with E-state index in [0.29, 0.717) is 0 Å². The average molecular weight is 126 g/mol. The van der Waals surface area contributed by atoms with Gasteiger partial charge in [-0.05, 0) is 12.1 Å². The Bertz CT molecular complexity index is 244. The van der Waals surface area contributed by atoms with Crippen LogP contribution in [-0.4, -0.2) is 18.1 Å². The number of ether oxygens (including phenoxy) is 1. The topological polar surface area (TPSA) is 42.1 Å². The van der Waals surface area contributed by atoms with Crippen LogP contribution in [0.5, 0.6) is 0 Å². The van der Waals surface area contributed by atoms with Gasteiger partial charge >= 0.3 is 5.97 Å². The maximum Gasteiger partial charge on any atom is 0.354 e. The Kier molecular flexibility index (Phi) is 1.20. The fourth-order valence-corrected chi connectivity index (χ4v) is 0.512. The number of methoxy groups -OCH3 is 1. The highest BCUT2D eigenvalue weighted by atomic mass is 16.5. The van der Waals surface area contributed by atoms with Gasteiger partial charge in [0.25, 0.3) is 0 Å². The van der Waals surface area contributed by atoms with E-state index in [1.165, 1.54) is 19.4 Å². The van der Waals surface area contributed by atoms with Gasteiger partial charge in [0.05, 0.1) is 8.48 Å². The smallest absolute Gasteiger partial charge is 0.354 e. The minimum atomic E-state index is -0.505. The molecule has 1 aromatic rings. The van der Waals surface area contributed by atoms with E-state index >= 15 is 0 Å². The molecule has 0 unspecified atom stereocenters. The first kappa shape index (κ1) is 4.61. The van der Waals surface area contributed by atoms with Crippen molar-refractivity contribution in [2.24, 2.45) is 0 Å². The highest BCUT2D eigenvalue weighted by molar-refractivity contribution is 5.87. The molecule has 0 aliphatic heterocycles. The maximum atomic E-state index is 10.7. The molecule has 0 aliphatic rings. The zero-order valence-electron chi connectivity index (χ0n) is 5.97. The molecule has 1 aromatic heterocycles. The highest BCUT2D eigenvalue weighted by Crippen LogP contribution is 1.94. The van der Waals surface area contributed by atoms with Crippen molar-refractivity contribution in [3.05, 3.63) is 24.0 Å². The lowest BCUT2D eigenvalue weighted by Gasteiger charge is -1.91. The van der Waals surface area contributed by atoms with Crippen molar-refractivity contribution in [2.45, 2.75) is 0 Å². The summed E-state index contributed by atoms with van der Waals surface area (Å²) < 4.78 is 11.5. The molecular weight excluding hydrogens is 118 g/mol. The van der Waals surface area contributed by atoms with Crippen molar-refractivity contribution >= 4 is 5.97 Å². The summed E-state index contributed by atoms with van der Waals surface area (Å²) in [4.78, 5) is 13.3. The summed E-state index contributed by atoms with van der Waals surface area (Å²) >= 11 is 0. The second-order valence-electron chi connectivity index (χ2n) is 1.49. The average Bonchev–Trinajstić information content (AvgIpc) is 2.34. The molecule has 0 amide bonds. The number of nitrogens with one attached hydrogen (secondary N) is 1. The molecule has 0 saturated heterocycles. The zero-order valence-corrected chi connectivity index (χ0v) is 4.97. The van der Waals surface area contributed by atoms with Gasteiger partial charge in [-0.1, -0.05) is 0 Å². The summed E-state index contributed by atoms with van der Waals surface area (Å²) in [5.74, 6) is -0.505. The van der Waals surface area contributed by atoms with Crippen LogP contribution in [0.25, 0.3) is 0 Å². The van der Waals surface area contributed by atoms with Crippen LogP contribution >= 0.6 is 0 Å². The molecule has 1 rings (SSSR count). The number of H-pyrrole nitrogens is 1. The van der Waals surface area contributed by atoms with E-state index < -0.39 is 5.97 Å². The van der Waals surface area contributed by atoms with Crippen LogP contribution in [0.1, 0.15) is 11.9 Å². The fourth-order valence-electron chi connectivity index (χ4n) is 0.512. The molecule has 0 atom stereocenters. The first-order chi connectivity index (χ1) is 4.75. The summed E-state index contributed by atoms with van der Waals surface area (Å²) in [7, 11) is 1.28. The molecule has 1 heterocycles. The lowest BCUT2D eigenvalue weighted by molar-refractivity contribution is 0.0595. The molecule has 48 valence electrons. The molecule has 1 N–H and O–H groups in total. The number of carbonyl (C=O) groups is 1. The number of hydrogen-bond donors (Lipinski definition) is 1. The quantitative estimate of drug-likeness (QED) is 0.565. The van der Waals surface area contributed by atoms with E-state index in [2.05, 4.69) is 9.72 Å². The Labute approximate surface area is 54.1 Å². The van der Waals surface area contributed by atoms with Gasteiger partial charge in [0.1, 0.15) is 5.69 Å². The number of rotatable bonds is 1. The van der Waals surface area contributed by atoms with E-state index in [1.54, 1.807) is 0 Å². The van der Waals surface area contributed by atoms with Gasteiger partial charge in [-0.3, -0.25) is 0 Å². The Hall–Kier alpha value is -1.25. The van der Waals surface area contributed by atoms with Crippen LogP contribution in [0.2, 0.25) is 0 Å². The van der Waals surface area contributed by atoms with Crippen LogP contribution in [0, 0.1) is 0 Å². The largest absolute Gasteiger partial charge is 0.464 e. The number of esters is 1. The zero-order chi connectivity index (χ0) is 7.56. The van der Waals surface area contributed by atoms with E-state index in [0.717, 1.165) is 0 Å². The Morgan fingerprint density at radius 1 is 2.00 bits per heavy atom. The summed E-state index contributed by atoms with van der Waals surface area (Å²) in [5.41, 5.74) is 0.197. The van der Waals surface area contributed by atoms with Gasteiger partial charge in [-0.15, -0.1) is 0 Å². The Balaban J connectivity index is 2.93. The summed E-state index contributed by atoms with van der Waals surface area (Å²) in [6, 6.07) is 1.65. The molecule has 0 saturated carbocycles. The molecule has 3 heteroatoms. The second kappa shape index (κ2) is 2.35. The number of carbonyl (C=O) groups excluding carboxylic acids is 1. The van der Waals surface area contributed by atoms with Gasteiger partial charge < -0.3 is 9.72 Å². The van der Waals surface area contributed by atoms with Crippen molar-refractivity contribution in [2.75, 3.05) is 7.11 Å². The summed E-state index contributed by atoms with van der Waals surface area (Å²) in [6.45, 7) is 0. The molecule has 0 fully saturated rings. The number of aromatic amines is 1. The molecule has 0 spiro atoms. The first-order valence-corrected chi connectivity index (χ1v) is 2.48. The standard InChI is InChI=1S/C6H7NO2/c1-9-6(8)5-3-2-4-7-5/h2-4,7H,1H3/i3D. The lowest BCUT2D eigenvalue weighted by Crippen LogP contribution is -2.00. The monoisotopic (exact) mass is 126 g/mol. The third kappa shape index (κ3) is 1.10. The summed E-state index contributed by atoms with van der Waals surface area (Å²) in [5, 5.41) is 0. The summed E-state index contributed by atoms with van der Waals surface area (Å²) in [6.07, 6.45) is 1.52. The van der Waals surface area contributed by atoms with E-state index in [1.807, 2.05) is 0 Å². The fraction of sp³-hybridized carbons (Fsp3) is 0.167.